The molecule has 1 atom stereocenters. The van der Waals surface area contributed by atoms with Crippen molar-refractivity contribution in [3.63, 3.8) is 0 Å². The molecule has 2 aliphatic rings. The molecule has 36 heavy (non-hydrogen) atoms. The molecule has 172 valence electrons. The normalized spacial score (nSPS) is 17.2. The Kier molecular flexibility index (Phi) is 4.56. The van der Waals surface area contributed by atoms with Crippen molar-refractivity contribution in [2.75, 3.05) is 7.11 Å². The first-order valence-electron chi connectivity index (χ1n) is 12.5. The standard InChI is InChI=1S/C35H26O/c1-23-17-19-28-27-15-9-10-16-30(27)35(32(28)21-23)31-20-18-26(36-2)22-29(31)33(24-11-5-3-6-12-24)34(35)25-13-7-4-8-14-25/h3-22H,1-2H3. The molecule has 0 bridgehead atoms. The Morgan fingerprint density at radius 3 is 1.92 bits per heavy atom. The van der Waals surface area contributed by atoms with Crippen LogP contribution in [0, 0.1) is 6.92 Å². The Bertz CT molecular complexity index is 1660. The fourth-order valence-electron chi connectivity index (χ4n) is 6.46. The van der Waals surface area contributed by atoms with E-state index in [1.807, 2.05) is 0 Å². The van der Waals surface area contributed by atoms with Gasteiger partial charge in [-0.3, -0.25) is 0 Å². The van der Waals surface area contributed by atoms with E-state index in [4.69, 9.17) is 4.74 Å². The van der Waals surface area contributed by atoms with E-state index in [0.717, 1.165) is 5.75 Å². The van der Waals surface area contributed by atoms with Crippen molar-refractivity contribution in [1.82, 2.24) is 0 Å². The van der Waals surface area contributed by atoms with Crippen LogP contribution in [0.1, 0.15) is 38.9 Å². The molecular weight excluding hydrogens is 436 g/mol. The summed E-state index contributed by atoms with van der Waals surface area (Å²) in [5, 5.41) is 0. The van der Waals surface area contributed by atoms with Crippen LogP contribution in [0.2, 0.25) is 0 Å². The average molecular weight is 463 g/mol. The van der Waals surface area contributed by atoms with Crippen LogP contribution < -0.4 is 4.74 Å². The van der Waals surface area contributed by atoms with Crippen molar-refractivity contribution in [2.24, 2.45) is 0 Å². The number of rotatable bonds is 3. The van der Waals surface area contributed by atoms with E-state index in [-0.39, 0.29) is 0 Å². The van der Waals surface area contributed by atoms with E-state index in [1.165, 1.54) is 61.2 Å². The summed E-state index contributed by atoms with van der Waals surface area (Å²) < 4.78 is 5.75. The summed E-state index contributed by atoms with van der Waals surface area (Å²) in [5.74, 6) is 0.877. The molecule has 7 rings (SSSR count). The molecule has 0 N–H and O–H groups in total. The van der Waals surface area contributed by atoms with Crippen LogP contribution in [0.3, 0.4) is 0 Å². The molecule has 0 amide bonds. The minimum atomic E-state index is -0.411. The zero-order valence-corrected chi connectivity index (χ0v) is 20.5. The van der Waals surface area contributed by atoms with Crippen LogP contribution in [0.4, 0.5) is 0 Å². The van der Waals surface area contributed by atoms with Gasteiger partial charge in [0.15, 0.2) is 0 Å². The van der Waals surface area contributed by atoms with Crippen molar-refractivity contribution >= 4 is 11.1 Å². The molecule has 1 spiro atoms. The highest BCUT2D eigenvalue weighted by Crippen LogP contribution is 2.65. The Hall–Kier alpha value is -4.36. The van der Waals surface area contributed by atoms with E-state index in [2.05, 4.69) is 128 Å². The van der Waals surface area contributed by atoms with Crippen LogP contribution in [0.15, 0.2) is 121 Å². The van der Waals surface area contributed by atoms with Gasteiger partial charge in [-0.1, -0.05) is 115 Å². The first-order valence-corrected chi connectivity index (χ1v) is 12.5. The summed E-state index contributed by atoms with van der Waals surface area (Å²) >= 11 is 0. The third-order valence-corrected chi connectivity index (χ3v) is 7.85. The maximum Gasteiger partial charge on any atom is 0.119 e. The van der Waals surface area contributed by atoms with E-state index in [0.29, 0.717) is 0 Å². The Balaban J connectivity index is 1.73. The second-order valence-corrected chi connectivity index (χ2v) is 9.74. The summed E-state index contributed by atoms with van der Waals surface area (Å²) in [7, 11) is 1.75. The SMILES string of the molecule is COc1ccc2c(c1)C(c1ccccc1)=C(c1ccccc1)C21c2ccccc2-c2ccc(C)cc21. The van der Waals surface area contributed by atoms with Gasteiger partial charge in [-0.15, -0.1) is 0 Å². The highest BCUT2D eigenvalue weighted by Gasteiger charge is 2.53. The highest BCUT2D eigenvalue weighted by atomic mass is 16.5. The summed E-state index contributed by atoms with van der Waals surface area (Å²) in [6.45, 7) is 2.20. The summed E-state index contributed by atoms with van der Waals surface area (Å²) in [6.07, 6.45) is 0. The first kappa shape index (κ1) is 21.0. The lowest BCUT2D eigenvalue weighted by Gasteiger charge is -2.33. The molecule has 0 saturated carbocycles. The number of methoxy groups -OCH3 is 1. The maximum atomic E-state index is 5.75. The molecular formula is C35H26O. The largest absolute Gasteiger partial charge is 0.497 e. The lowest BCUT2D eigenvalue weighted by Crippen LogP contribution is -2.27. The maximum absolute atomic E-state index is 5.75. The van der Waals surface area contributed by atoms with Gasteiger partial charge in [0.1, 0.15) is 5.75 Å². The van der Waals surface area contributed by atoms with Gasteiger partial charge in [0, 0.05) is 0 Å². The molecule has 1 heteroatoms. The molecule has 0 fully saturated rings. The second kappa shape index (κ2) is 7.83. The lowest BCUT2D eigenvalue weighted by molar-refractivity contribution is 0.414. The van der Waals surface area contributed by atoms with Crippen LogP contribution >= 0.6 is 0 Å². The topological polar surface area (TPSA) is 9.23 Å². The molecule has 0 radical (unpaired) electrons. The molecule has 0 saturated heterocycles. The Morgan fingerprint density at radius 2 is 1.17 bits per heavy atom. The molecule has 0 aromatic heterocycles. The predicted molar refractivity (Wildman–Crippen MR) is 148 cm³/mol. The zero-order chi connectivity index (χ0) is 24.3. The summed E-state index contributed by atoms with van der Waals surface area (Å²) in [4.78, 5) is 0. The van der Waals surface area contributed by atoms with Crippen molar-refractivity contribution in [2.45, 2.75) is 12.3 Å². The van der Waals surface area contributed by atoms with Gasteiger partial charge in [0.2, 0.25) is 0 Å². The molecule has 1 nitrogen and oxygen atoms in total. The van der Waals surface area contributed by atoms with E-state index in [1.54, 1.807) is 7.11 Å². The van der Waals surface area contributed by atoms with Crippen molar-refractivity contribution < 1.29 is 4.74 Å². The summed E-state index contributed by atoms with van der Waals surface area (Å²) in [5.41, 5.74) is 13.9. The van der Waals surface area contributed by atoms with Gasteiger partial charge in [-0.25, -0.2) is 0 Å². The fourth-order valence-corrected chi connectivity index (χ4v) is 6.46. The average Bonchev–Trinajstić information content (AvgIpc) is 3.40. The zero-order valence-electron chi connectivity index (χ0n) is 20.5. The van der Waals surface area contributed by atoms with Gasteiger partial charge < -0.3 is 4.74 Å². The fraction of sp³-hybridized carbons (Fsp3) is 0.0857. The van der Waals surface area contributed by atoms with Crippen molar-refractivity contribution in [3.05, 3.63) is 160 Å². The predicted octanol–water partition coefficient (Wildman–Crippen LogP) is 8.29. The van der Waals surface area contributed by atoms with Crippen LogP contribution in [-0.4, -0.2) is 7.11 Å². The molecule has 2 aliphatic carbocycles. The second-order valence-electron chi connectivity index (χ2n) is 9.74. The molecule has 5 aromatic rings. The molecule has 1 unspecified atom stereocenters. The van der Waals surface area contributed by atoms with Crippen LogP contribution in [-0.2, 0) is 5.41 Å². The van der Waals surface area contributed by atoms with Gasteiger partial charge >= 0.3 is 0 Å². The highest BCUT2D eigenvalue weighted by molar-refractivity contribution is 6.13. The number of fused-ring (bicyclic) bond motifs is 7. The van der Waals surface area contributed by atoms with Gasteiger partial charge in [0.05, 0.1) is 12.5 Å². The number of hydrogen-bond acceptors (Lipinski definition) is 1. The third kappa shape index (κ3) is 2.71. The minimum absolute atomic E-state index is 0.411. The summed E-state index contributed by atoms with van der Waals surface area (Å²) in [6, 6.07) is 44.3. The first-order chi connectivity index (χ1) is 17.7. The molecule has 5 aromatic carbocycles. The van der Waals surface area contributed by atoms with Gasteiger partial charge in [-0.2, -0.15) is 0 Å². The number of benzene rings is 5. The van der Waals surface area contributed by atoms with E-state index < -0.39 is 5.41 Å². The lowest BCUT2D eigenvalue weighted by atomic mass is 9.67. The monoisotopic (exact) mass is 462 g/mol. The number of allylic oxidation sites excluding steroid dienone is 1. The minimum Gasteiger partial charge on any atom is -0.497 e. The third-order valence-electron chi connectivity index (χ3n) is 7.85. The van der Waals surface area contributed by atoms with Crippen LogP contribution in [0.5, 0.6) is 5.75 Å². The Labute approximate surface area is 212 Å². The van der Waals surface area contributed by atoms with Crippen molar-refractivity contribution in [1.29, 1.82) is 0 Å². The van der Waals surface area contributed by atoms with Gasteiger partial charge in [-0.05, 0) is 74.7 Å². The molecule has 0 aliphatic heterocycles. The smallest absolute Gasteiger partial charge is 0.119 e. The van der Waals surface area contributed by atoms with Crippen molar-refractivity contribution in [3.8, 4) is 16.9 Å². The number of ether oxygens (including phenoxy) is 1. The quantitative estimate of drug-likeness (QED) is 0.262. The number of aryl methyl sites for hydroxylation is 1. The Morgan fingerprint density at radius 1 is 0.528 bits per heavy atom. The van der Waals surface area contributed by atoms with Crippen LogP contribution in [0.25, 0.3) is 22.3 Å². The molecule has 0 heterocycles. The number of hydrogen-bond donors (Lipinski definition) is 0. The van der Waals surface area contributed by atoms with E-state index in [9.17, 15) is 0 Å². The van der Waals surface area contributed by atoms with Gasteiger partial charge in [0.25, 0.3) is 0 Å². The van der Waals surface area contributed by atoms with E-state index >= 15 is 0 Å².